The Balaban J connectivity index is 1.57. The summed E-state index contributed by atoms with van der Waals surface area (Å²) in [6.45, 7) is 1.24. The SMILES string of the molecule is Nc1ccccc1NC(=O)CCOCCOc1ccccc1. The molecular formula is C17H20N2O3. The highest BCUT2D eigenvalue weighted by atomic mass is 16.5. The van der Waals surface area contributed by atoms with Crippen molar-refractivity contribution in [3.63, 3.8) is 0 Å². The average Bonchev–Trinajstić information content (AvgIpc) is 2.54. The van der Waals surface area contributed by atoms with E-state index in [1.165, 1.54) is 0 Å². The van der Waals surface area contributed by atoms with Gasteiger partial charge < -0.3 is 20.5 Å². The summed E-state index contributed by atoms with van der Waals surface area (Å²) in [6.07, 6.45) is 0.277. The monoisotopic (exact) mass is 300 g/mol. The third-order valence-electron chi connectivity index (χ3n) is 2.95. The van der Waals surface area contributed by atoms with Crippen molar-refractivity contribution in [1.82, 2.24) is 0 Å². The minimum Gasteiger partial charge on any atom is -0.491 e. The van der Waals surface area contributed by atoms with Crippen LogP contribution in [0, 0.1) is 0 Å². The molecule has 0 bridgehead atoms. The fourth-order valence-electron chi connectivity index (χ4n) is 1.83. The van der Waals surface area contributed by atoms with Gasteiger partial charge in [0.1, 0.15) is 12.4 Å². The predicted molar refractivity (Wildman–Crippen MR) is 86.9 cm³/mol. The molecular weight excluding hydrogens is 280 g/mol. The molecule has 2 rings (SSSR count). The van der Waals surface area contributed by atoms with E-state index in [-0.39, 0.29) is 12.3 Å². The summed E-state index contributed by atoms with van der Waals surface area (Å²) >= 11 is 0. The number of hydrogen-bond acceptors (Lipinski definition) is 4. The zero-order valence-corrected chi connectivity index (χ0v) is 12.3. The normalized spacial score (nSPS) is 10.2. The molecule has 0 saturated heterocycles. The van der Waals surface area contributed by atoms with E-state index >= 15 is 0 Å². The zero-order valence-electron chi connectivity index (χ0n) is 12.3. The highest BCUT2D eigenvalue weighted by molar-refractivity contribution is 5.93. The third kappa shape index (κ3) is 5.46. The fourth-order valence-corrected chi connectivity index (χ4v) is 1.83. The van der Waals surface area contributed by atoms with Crippen molar-refractivity contribution in [2.24, 2.45) is 0 Å². The highest BCUT2D eigenvalue weighted by Crippen LogP contribution is 2.16. The van der Waals surface area contributed by atoms with E-state index in [1.807, 2.05) is 42.5 Å². The van der Waals surface area contributed by atoms with E-state index in [2.05, 4.69) is 5.32 Å². The van der Waals surface area contributed by atoms with Crippen molar-refractivity contribution in [3.05, 3.63) is 54.6 Å². The molecule has 0 heterocycles. The molecule has 22 heavy (non-hydrogen) atoms. The lowest BCUT2D eigenvalue weighted by molar-refractivity contribution is -0.117. The first-order valence-corrected chi connectivity index (χ1v) is 7.15. The van der Waals surface area contributed by atoms with Crippen molar-refractivity contribution in [2.75, 3.05) is 30.9 Å². The van der Waals surface area contributed by atoms with Crippen molar-refractivity contribution < 1.29 is 14.3 Å². The summed E-state index contributed by atoms with van der Waals surface area (Å²) < 4.78 is 10.9. The number of para-hydroxylation sites is 3. The number of rotatable bonds is 8. The molecule has 0 unspecified atom stereocenters. The van der Waals surface area contributed by atoms with Crippen molar-refractivity contribution in [2.45, 2.75) is 6.42 Å². The number of anilines is 2. The number of carbonyl (C=O) groups excluding carboxylic acids is 1. The minimum absolute atomic E-state index is 0.123. The van der Waals surface area contributed by atoms with Gasteiger partial charge in [0.15, 0.2) is 0 Å². The Kier molecular flexibility index (Phi) is 6.26. The Morgan fingerprint density at radius 2 is 1.68 bits per heavy atom. The molecule has 0 aromatic heterocycles. The summed E-state index contributed by atoms with van der Waals surface area (Å²) in [5, 5.41) is 2.75. The van der Waals surface area contributed by atoms with Crippen LogP contribution in [0.1, 0.15) is 6.42 Å². The highest BCUT2D eigenvalue weighted by Gasteiger charge is 2.04. The van der Waals surface area contributed by atoms with Gasteiger partial charge in [-0.15, -0.1) is 0 Å². The smallest absolute Gasteiger partial charge is 0.226 e. The lowest BCUT2D eigenvalue weighted by Crippen LogP contribution is -2.16. The van der Waals surface area contributed by atoms with Crippen LogP contribution in [0.5, 0.6) is 5.75 Å². The lowest BCUT2D eigenvalue weighted by atomic mass is 10.2. The van der Waals surface area contributed by atoms with Gasteiger partial charge in [-0.25, -0.2) is 0 Å². The van der Waals surface area contributed by atoms with Crippen LogP contribution in [0.15, 0.2) is 54.6 Å². The number of nitrogen functional groups attached to an aromatic ring is 1. The van der Waals surface area contributed by atoms with Gasteiger partial charge in [-0.05, 0) is 24.3 Å². The molecule has 1 amide bonds. The number of benzene rings is 2. The quantitative estimate of drug-likeness (QED) is 0.580. The number of nitrogens with one attached hydrogen (secondary N) is 1. The van der Waals surface area contributed by atoms with Crippen LogP contribution in [0.2, 0.25) is 0 Å². The second-order valence-electron chi connectivity index (χ2n) is 4.66. The largest absolute Gasteiger partial charge is 0.491 e. The Morgan fingerprint density at radius 1 is 0.955 bits per heavy atom. The van der Waals surface area contributed by atoms with E-state index < -0.39 is 0 Å². The van der Waals surface area contributed by atoms with Crippen LogP contribution in [0.3, 0.4) is 0 Å². The van der Waals surface area contributed by atoms with Crippen molar-refractivity contribution in [3.8, 4) is 5.75 Å². The molecule has 0 aliphatic rings. The van der Waals surface area contributed by atoms with Crippen LogP contribution in [0.4, 0.5) is 11.4 Å². The van der Waals surface area contributed by atoms with Crippen LogP contribution >= 0.6 is 0 Å². The molecule has 0 aliphatic carbocycles. The van der Waals surface area contributed by atoms with Gasteiger partial charge in [0.2, 0.25) is 5.91 Å². The molecule has 2 aromatic carbocycles. The maximum absolute atomic E-state index is 11.7. The number of ether oxygens (including phenoxy) is 2. The second kappa shape index (κ2) is 8.69. The van der Waals surface area contributed by atoms with E-state index in [9.17, 15) is 4.79 Å². The first-order chi connectivity index (χ1) is 10.8. The molecule has 116 valence electrons. The Hall–Kier alpha value is -2.53. The minimum atomic E-state index is -0.123. The maximum atomic E-state index is 11.7. The fraction of sp³-hybridized carbons (Fsp3) is 0.235. The first kappa shape index (κ1) is 15.9. The van der Waals surface area contributed by atoms with Gasteiger partial charge in [0, 0.05) is 0 Å². The van der Waals surface area contributed by atoms with Crippen LogP contribution in [-0.4, -0.2) is 25.7 Å². The van der Waals surface area contributed by atoms with Gasteiger partial charge in [-0.1, -0.05) is 30.3 Å². The van der Waals surface area contributed by atoms with E-state index in [0.29, 0.717) is 31.2 Å². The summed E-state index contributed by atoms with van der Waals surface area (Å²) in [6, 6.07) is 16.7. The van der Waals surface area contributed by atoms with Gasteiger partial charge in [-0.3, -0.25) is 4.79 Å². The molecule has 3 N–H and O–H groups in total. The van der Waals surface area contributed by atoms with Crippen molar-refractivity contribution >= 4 is 17.3 Å². The third-order valence-corrected chi connectivity index (χ3v) is 2.95. The first-order valence-electron chi connectivity index (χ1n) is 7.15. The molecule has 5 heteroatoms. The molecule has 0 fully saturated rings. The van der Waals surface area contributed by atoms with Gasteiger partial charge >= 0.3 is 0 Å². The molecule has 0 atom stereocenters. The van der Waals surface area contributed by atoms with Gasteiger partial charge in [0.25, 0.3) is 0 Å². The topological polar surface area (TPSA) is 73.6 Å². The molecule has 0 aliphatic heterocycles. The maximum Gasteiger partial charge on any atom is 0.226 e. The lowest BCUT2D eigenvalue weighted by Gasteiger charge is -2.09. The molecule has 0 spiro atoms. The van der Waals surface area contributed by atoms with Crippen molar-refractivity contribution in [1.29, 1.82) is 0 Å². The van der Waals surface area contributed by atoms with Crippen LogP contribution in [-0.2, 0) is 9.53 Å². The molecule has 0 saturated carbocycles. The molecule has 2 aromatic rings. The number of hydrogen-bond donors (Lipinski definition) is 2. The summed E-state index contributed by atoms with van der Waals surface area (Å²) in [4.78, 5) is 11.7. The van der Waals surface area contributed by atoms with E-state index in [0.717, 1.165) is 5.75 Å². The Labute approximate surface area is 130 Å². The Morgan fingerprint density at radius 3 is 2.45 bits per heavy atom. The van der Waals surface area contributed by atoms with Crippen LogP contribution < -0.4 is 15.8 Å². The summed E-state index contributed by atoms with van der Waals surface area (Å²) in [5.41, 5.74) is 6.93. The van der Waals surface area contributed by atoms with E-state index in [4.69, 9.17) is 15.2 Å². The zero-order chi connectivity index (χ0) is 15.6. The number of carbonyl (C=O) groups is 1. The van der Waals surface area contributed by atoms with Gasteiger partial charge in [0.05, 0.1) is 31.0 Å². The summed E-state index contributed by atoms with van der Waals surface area (Å²) in [5.74, 6) is 0.685. The molecule has 5 nitrogen and oxygen atoms in total. The Bertz CT molecular complexity index is 587. The summed E-state index contributed by atoms with van der Waals surface area (Å²) in [7, 11) is 0. The predicted octanol–water partition coefficient (Wildman–Crippen LogP) is 2.69. The number of nitrogens with two attached hydrogens (primary N) is 1. The average molecular weight is 300 g/mol. The standard InChI is InChI=1S/C17H20N2O3/c18-15-8-4-5-9-16(15)19-17(20)10-11-21-12-13-22-14-6-2-1-3-7-14/h1-9H,10-13,18H2,(H,19,20). The van der Waals surface area contributed by atoms with E-state index in [1.54, 1.807) is 12.1 Å². The number of amides is 1. The molecule has 0 radical (unpaired) electrons. The van der Waals surface area contributed by atoms with Gasteiger partial charge in [-0.2, -0.15) is 0 Å². The second-order valence-corrected chi connectivity index (χ2v) is 4.66. The van der Waals surface area contributed by atoms with Crippen LogP contribution in [0.25, 0.3) is 0 Å².